The first kappa shape index (κ1) is 16.8. The molecule has 1 atom stereocenters. The third kappa shape index (κ3) is 2.98. The second-order valence-electron chi connectivity index (χ2n) is 6.02. The van der Waals surface area contributed by atoms with E-state index in [-0.39, 0.29) is 11.8 Å². The number of amides is 2. The SMILES string of the molecule is CC#CCc1cccc(C(N)=O)c1C1=NC(C)(C(C)C)C(=O)N1. The molecule has 1 heterocycles. The molecule has 0 aliphatic carbocycles. The van der Waals surface area contributed by atoms with E-state index in [0.717, 1.165) is 5.56 Å². The number of nitrogens with one attached hydrogen (secondary N) is 1. The van der Waals surface area contributed by atoms with Crippen LogP contribution in [0, 0.1) is 17.8 Å². The van der Waals surface area contributed by atoms with E-state index in [1.807, 2.05) is 19.9 Å². The van der Waals surface area contributed by atoms with Gasteiger partial charge in [-0.05, 0) is 31.4 Å². The molecule has 0 fully saturated rings. The number of rotatable bonds is 4. The van der Waals surface area contributed by atoms with E-state index in [2.05, 4.69) is 22.2 Å². The summed E-state index contributed by atoms with van der Waals surface area (Å²) in [7, 11) is 0. The summed E-state index contributed by atoms with van der Waals surface area (Å²) in [5.41, 5.74) is 6.38. The molecule has 1 aliphatic rings. The van der Waals surface area contributed by atoms with E-state index < -0.39 is 11.4 Å². The Hall–Kier alpha value is -2.61. The first-order valence-electron chi connectivity index (χ1n) is 7.54. The van der Waals surface area contributed by atoms with E-state index in [4.69, 9.17) is 5.73 Å². The number of carbonyl (C=O) groups excluding carboxylic acids is 2. The maximum Gasteiger partial charge on any atom is 0.253 e. The highest BCUT2D eigenvalue weighted by molar-refractivity contribution is 6.19. The molecule has 0 spiro atoms. The van der Waals surface area contributed by atoms with Crippen molar-refractivity contribution in [1.29, 1.82) is 0 Å². The lowest BCUT2D eigenvalue weighted by molar-refractivity contribution is -0.124. The second-order valence-corrected chi connectivity index (χ2v) is 6.02. The van der Waals surface area contributed by atoms with Gasteiger partial charge in [-0.2, -0.15) is 0 Å². The molecule has 1 aliphatic heterocycles. The van der Waals surface area contributed by atoms with Gasteiger partial charge in [-0.1, -0.05) is 31.9 Å². The molecular formula is C18H21N3O2. The third-order valence-corrected chi connectivity index (χ3v) is 4.27. The molecular weight excluding hydrogens is 290 g/mol. The molecule has 1 aromatic carbocycles. The monoisotopic (exact) mass is 311 g/mol. The number of primary amides is 1. The number of hydrogen-bond donors (Lipinski definition) is 2. The fraction of sp³-hybridized carbons (Fsp3) is 0.389. The molecule has 0 saturated carbocycles. The van der Waals surface area contributed by atoms with Crippen LogP contribution in [0.15, 0.2) is 23.2 Å². The number of hydrogen-bond acceptors (Lipinski definition) is 3. The summed E-state index contributed by atoms with van der Waals surface area (Å²) in [6.07, 6.45) is 0.459. The van der Waals surface area contributed by atoms with Crippen molar-refractivity contribution in [2.75, 3.05) is 0 Å². The quantitative estimate of drug-likeness (QED) is 0.828. The van der Waals surface area contributed by atoms with E-state index in [1.54, 1.807) is 26.0 Å². The Bertz CT molecular complexity index is 753. The van der Waals surface area contributed by atoms with Crippen molar-refractivity contribution in [1.82, 2.24) is 5.32 Å². The summed E-state index contributed by atoms with van der Waals surface area (Å²) < 4.78 is 0. The van der Waals surface area contributed by atoms with E-state index >= 15 is 0 Å². The zero-order chi connectivity index (χ0) is 17.2. The maximum absolute atomic E-state index is 12.4. The van der Waals surface area contributed by atoms with Crippen LogP contribution in [-0.2, 0) is 11.2 Å². The third-order valence-electron chi connectivity index (χ3n) is 4.27. The Balaban J connectivity index is 2.64. The van der Waals surface area contributed by atoms with Gasteiger partial charge in [0, 0.05) is 12.0 Å². The lowest BCUT2D eigenvalue weighted by Crippen LogP contribution is -2.41. The fourth-order valence-electron chi connectivity index (χ4n) is 2.47. The molecule has 0 bridgehead atoms. The summed E-state index contributed by atoms with van der Waals surface area (Å²) in [4.78, 5) is 28.7. The molecule has 5 nitrogen and oxygen atoms in total. The smallest absolute Gasteiger partial charge is 0.253 e. The van der Waals surface area contributed by atoms with Crippen LogP contribution in [0.1, 0.15) is 49.2 Å². The van der Waals surface area contributed by atoms with Gasteiger partial charge in [-0.25, -0.2) is 0 Å². The van der Waals surface area contributed by atoms with Crippen molar-refractivity contribution in [3.05, 3.63) is 34.9 Å². The van der Waals surface area contributed by atoms with Crippen molar-refractivity contribution in [2.24, 2.45) is 16.6 Å². The molecule has 23 heavy (non-hydrogen) atoms. The largest absolute Gasteiger partial charge is 0.366 e. The number of carbonyl (C=O) groups is 2. The Labute approximate surface area is 136 Å². The van der Waals surface area contributed by atoms with Crippen LogP contribution in [0.5, 0.6) is 0 Å². The molecule has 1 unspecified atom stereocenters. The maximum atomic E-state index is 12.4. The Morgan fingerprint density at radius 2 is 2.13 bits per heavy atom. The topological polar surface area (TPSA) is 84.6 Å². The molecule has 3 N–H and O–H groups in total. The molecule has 2 amide bonds. The van der Waals surface area contributed by atoms with Crippen molar-refractivity contribution in [2.45, 2.75) is 39.7 Å². The lowest BCUT2D eigenvalue weighted by atomic mass is 9.89. The number of benzene rings is 1. The highest BCUT2D eigenvalue weighted by Gasteiger charge is 2.42. The Morgan fingerprint density at radius 1 is 1.43 bits per heavy atom. The van der Waals surface area contributed by atoms with Crippen LogP contribution < -0.4 is 11.1 Å². The zero-order valence-corrected chi connectivity index (χ0v) is 13.9. The minimum absolute atomic E-state index is 0.0274. The van der Waals surface area contributed by atoms with Crippen molar-refractivity contribution in [3.63, 3.8) is 0 Å². The van der Waals surface area contributed by atoms with Gasteiger partial charge in [0.25, 0.3) is 5.91 Å². The summed E-state index contributed by atoms with van der Waals surface area (Å²) in [6, 6.07) is 5.27. The predicted octanol–water partition coefficient (Wildman–Crippen LogP) is 1.64. The fourth-order valence-corrected chi connectivity index (χ4v) is 2.47. The van der Waals surface area contributed by atoms with Gasteiger partial charge in [0.2, 0.25) is 5.91 Å². The molecule has 120 valence electrons. The normalized spacial score (nSPS) is 19.9. The standard InChI is InChI=1S/C18H21N3O2/c1-5-6-8-12-9-7-10-13(15(19)22)14(12)16-20-17(23)18(4,21-16)11(2)3/h7,9-11H,8H2,1-4H3,(H2,19,22)(H,20,21,23). The molecule has 1 aromatic rings. The number of amidine groups is 1. The van der Waals surface area contributed by atoms with Gasteiger partial charge < -0.3 is 11.1 Å². The summed E-state index contributed by atoms with van der Waals surface area (Å²) in [5.74, 6) is 5.51. The molecule has 0 aromatic heterocycles. The highest BCUT2D eigenvalue weighted by Crippen LogP contribution is 2.28. The van der Waals surface area contributed by atoms with Gasteiger partial charge in [0.05, 0.1) is 5.56 Å². The van der Waals surface area contributed by atoms with Gasteiger partial charge in [-0.15, -0.1) is 5.92 Å². The number of aliphatic imine (C=N–C) groups is 1. The predicted molar refractivity (Wildman–Crippen MR) is 90.0 cm³/mol. The van der Waals surface area contributed by atoms with Crippen molar-refractivity contribution < 1.29 is 9.59 Å². The van der Waals surface area contributed by atoms with E-state index in [0.29, 0.717) is 23.4 Å². The number of nitrogens with zero attached hydrogens (tertiary/aromatic N) is 1. The van der Waals surface area contributed by atoms with Gasteiger partial charge in [-0.3, -0.25) is 14.6 Å². The van der Waals surface area contributed by atoms with Crippen LogP contribution in [-0.4, -0.2) is 23.2 Å². The Morgan fingerprint density at radius 3 is 2.65 bits per heavy atom. The van der Waals surface area contributed by atoms with Gasteiger partial charge in [0.1, 0.15) is 11.4 Å². The van der Waals surface area contributed by atoms with Crippen molar-refractivity contribution >= 4 is 17.6 Å². The van der Waals surface area contributed by atoms with E-state index in [1.165, 1.54) is 0 Å². The molecule has 0 radical (unpaired) electrons. The van der Waals surface area contributed by atoms with Gasteiger partial charge >= 0.3 is 0 Å². The minimum Gasteiger partial charge on any atom is -0.366 e. The van der Waals surface area contributed by atoms with Crippen molar-refractivity contribution in [3.8, 4) is 11.8 Å². The Kier molecular flexibility index (Phi) is 4.55. The summed E-state index contributed by atoms with van der Waals surface area (Å²) in [6.45, 7) is 7.42. The van der Waals surface area contributed by atoms with Crippen LogP contribution in [0.25, 0.3) is 0 Å². The summed E-state index contributed by atoms with van der Waals surface area (Å²) in [5, 5.41) is 2.81. The second kappa shape index (κ2) is 6.25. The first-order chi connectivity index (χ1) is 10.8. The first-order valence-corrected chi connectivity index (χ1v) is 7.54. The van der Waals surface area contributed by atoms with Gasteiger partial charge in [0.15, 0.2) is 0 Å². The molecule has 0 saturated heterocycles. The average molecular weight is 311 g/mol. The van der Waals surface area contributed by atoms with E-state index in [9.17, 15) is 9.59 Å². The minimum atomic E-state index is -0.853. The highest BCUT2D eigenvalue weighted by atomic mass is 16.2. The van der Waals surface area contributed by atoms with Crippen LogP contribution in [0.2, 0.25) is 0 Å². The average Bonchev–Trinajstić information content (AvgIpc) is 2.81. The lowest BCUT2D eigenvalue weighted by Gasteiger charge is -2.21. The number of nitrogens with two attached hydrogens (primary N) is 1. The molecule has 5 heteroatoms. The van der Waals surface area contributed by atoms with Crippen LogP contribution >= 0.6 is 0 Å². The van der Waals surface area contributed by atoms with Crippen LogP contribution in [0.3, 0.4) is 0 Å². The zero-order valence-electron chi connectivity index (χ0n) is 13.9. The van der Waals surface area contributed by atoms with Crippen LogP contribution in [0.4, 0.5) is 0 Å². The summed E-state index contributed by atoms with van der Waals surface area (Å²) >= 11 is 0. The molecule has 2 rings (SSSR count).